The van der Waals surface area contributed by atoms with Crippen molar-refractivity contribution in [3.8, 4) is 22.3 Å². The van der Waals surface area contributed by atoms with Crippen LogP contribution in [0.2, 0.25) is 0 Å². The molecule has 54 heavy (non-hydrogen) atoms. The van der Waals surface area contributed by atoms with E-state index < -0.39 is 0 Å². The number of anilines is 6. The Morgan fingerprint density at radius 2 is 0.870 bits per heavy atom. The minimum absolute atomic E-state index is 0.296. The second-order valence-electron chi connectivity index (χ2n) is 14.2. The first kappa shape index (κ1) is 34.4. The van der Waals surface area contributed by atoms with Crippen LogP contribution in [0.1, 0.15) is 31.9 Å². The molecule has 0 N–H and O–H groups in total. The quantitative estimate of drug-likeness (QED) is 0.140. The molecular formula is C52H44N2. The van der Waals surface area contributed by atoms with Gasteiger partial charge in [-0.15, -0.1) is 0 Å². The van der Waals surface area contributed by atoms with Crippen molar-refractivity contribution in [3.05, 3.63) is 223 Å². The second-order valence-corrected chi connectivity index (χ2v) is 14.2. The number of hydrogen-bond acceptors (Lipinski definition) is 2. The van der Waals surface area contributed by atoms with Crippen LogP contribution in [0.3, 0.4) is 0 Å². The molecule has 2 heteroatoms. The van der Waals surface area contributed by atoms with Gasteiger partial charge in [-0.1, -0.05) is 160 Å². The molecule has 0 amide bonds. The van der Waals surface area contributed by atoms with Crippen molar-refractivity contribution in [3.63, 3.8) is 0 Å². The van der Waals surface area contributed by atoms with Crippen LogP contribution in [-0.4, -0.2) is 0 Å². The van der Waals surface area contributed by atoms with Gasteiger partial charge in [0.15, 0.2) is 0 Å². The Morgan fingerprint density at radius 3 is 1.33 bits per heavy atom. The fourth-order valence-electron chi connectivity index (χ4n) is 7.91. The lowest BCUT2D eigenvalue weighted by molar-refractivity contribution is 0.654. The lowest BCUT2D eigenvalue weighted by atomic mass is 9.80. The molecule has 0 spiro atoms. The average molecular weight is 697 g/mol. The van der Waals surface area contributed by atoms with Gasteiger partial charge >= 0.3 is 0 Å². The standard InChI is InChI=1S/C52H44N2/c1-5-19-47-48(6-2)52(3,4)49-36-46(53(42-24-15-9-16-25-42)44-32-28-40(29-33-44)38-20-11-7-12-21-38)37-50(51(47)49)54(43-26-17-10-18-27-43)45-34-30-41(31-35-45)39-22-13-8-14-23-39/h5-37H,2H2,1,3-4H3/b19-5-. The van der Waals surface area contributed by atoms with Gasteiger partial charge in [-0.2, -0.15) is 0 Å². The van der Waals surface area contributed by atoms with E-state index in [4.69, 9.17) is 0 Å². The molecule has 0 aromatic heterocycles. The van der Waals surface area contributed by atoms with Gasteiger partial charge in [-0.3, -0.25) is 0 Å². The number of para-hydroxylation sites is 2. The summed E-state index contributed by atoms with van der Waals surface area (Å²) in [4.78, 5) is 4.81. The summed E-state index contributed by atoms with van der Waals surface area (Å²) in [7, 11) is 0. The monoisotopic (exact) mass is 696 g/mol. The largest absolute Gasteiger partial charge is 0.310 e. The maximum atomic E-state index is 4.35. The fraction of sp³-hybridized carbons (Fsp3) is 0.0769. The van der Waals surface area contributed by atoms with Crippen LogP contribution < -0.4 is 9.80 Å². The third kappa shape index (κ3) is 6.37. The van der Waals surface area contributed by atoms with Crippen LogP contribution in [0.4, 0.5) is 34.1 Å². The van der Waals surface area contributed by atoms with Crippen molar-refractivity contribution >= 4 is 39.7 Å². The van der Waals surface area contributed by atoms with Gasteiger partial charge in [-0.05, 0) is 107 Å². The van der Waals surface area contributed by atoms with Crippen LogP contribution in [-0.2, 0) is 5.41 Å². The molecule has 7 aromatic carbocycles. The first-order valence-electron chi connectivity index (χ1n) is 18.7. The molecule has 1 aliphatic carbocycles. The number of hydrogen-bond donors (Lipinski definition) is 0. The molecular weight excluding hydrogens is 653 g/mol. The highest BCUT2D eigenvalue weighted by molar-refractivity contribution is 5.99. The summed E-state index contributed by atoms with van der Waals surface area (Å²) < 4.78 is 0. The van der Waals surface area contributed by atoms with E-state index in [0.717, 1.165) is 34.1 Å². The zero-order valence-electron chi connectivity index (χ0n) is 31.2. The molecule has 0 atom stereocenters. The van der Waals surface area contributed by atoms with E-state index in [-0.39, 0.29) is 5.41 Å². The predicted octanol–water partition coefficient (Wildman–Crippen LogP) is 14.8. The van der Waals surface area contributed by atoms with E-state index in [0.29, 0.717) is 0 Å². The van der Waals surface area contributed by atoms with Crippen molar-refractivity contribution in [1.29, 1.82) is 0 Å². The highest BCUT2D eigenvalue weighted by atomic mass is 15.2. The molecule has 1 aliphatic rings. The summed E-state index contributed by atoms with van der Waals surface area (Å²) in [5.74, 6) is 0. The number of allylic oxidation sites excluding steroid dienone is 5. The Morgan fingerprint density at radius 1 is 0.463 bits per heavy atom. The summed E-state index contributed by atoms with van der Waals surface area (Å²) in [5.41, 5.74) is 15.9. The molecule has 0 saturated heterocycles. The molecule has 262 valence electrons. The first-order chi connectivity index (χ1) is 26.5. The maximum Gasteiger partial charge on any atom is 0.0564 e. The lowest BCUT2D eigenvalue weighted by Gasteiger charge is -2.33. The minimum atomic E-state index is -0.296. The Labute approximate surface area is 320 Å². The Balaban J connectivity index is 1.39. The van der Waals surface area contributed by atoms with Crippen molar-refractivity contribution in [2.75, 3.05) is 9.80 Å². The molecule has 0 bridgehead atoms. The van der Waals surface area contributed by atoms with Crippen LogP contribution in [0.5, 0.6) is 0 Å². The van der Waals surface area contributed by atoms with Gasteiger partial charge in [0.05, 0.1) is 5.69 Å². The number of fused-ring (bicyclic) bond motifs is 1. The fourth-order valence-corrected chi connectivity index (χ4v) is 7.91. The van der Waals surface area contributed by atoms with E-state index in [1.807, 2.05) is 0 Å². The van der Waals surface area contributed by atoms with Crippen LogP contribution in [0.25, 0.3) is 27.8 Å². The summed E-state index contributed by atoms with van der Waals surface area (Å²) in [6.45, 7) is 11.1. The van der Waals surface area contributed by atoms with Crippen molar-refractivity contribution in [2.24, 2.45) is 0 Å². The normalized spacial score (nSPS) is 13.2. The van der Waals surface area contributed by atoms with Gasteiger partial charge in [0, 0.05) is 39.4 Å². The van der Waals surface area contributed by atoms with E-state index in [2.05, 4.69) is 237 Å². The number of benzene rings is 7. The van der Waals surface area contributed by atoms with E-state index >= 15 is 0 Å². The smallest absolute Gasteiger partial charge is 0.0564 e. The van der Waals surface area contributed by atoms with Crippen molar-refractivity contribution < 1.29 is 0 Å². The van der Waals surface area contributed by atoms with E-state index in [1.54, 1.807) is 0 Å². The average Bonchev–Trinajstić information content (AvgIpc) is 3.44. The highest BCUT2D eigenvalue weighted by Crippen LogP contribution is 2.55. The molecule has 0 aliphatic heterocycles. The molecule has 0 heterocycles. The Kier molecular flexibility index (Phi) is 9.42. The van der Waals surface area contributed by atoms with Gasteiger partial charge in [0.25, 0.3) is 0 Å². The lowest BCUT2D eigenvalue weighted by Crippen LogP contribution is -2.19. The summed E-state index contributed by atoms with van der Waals surface area (Å²) in [6, 6.07) is 65.3. The SMILES string of the molecule is C=CC1=C(/C=C\C)c2c(N(c3ccccc3)c3ccc(-c4ccccc4)cc3)cc(N(c3ccccc3)c3ccc(-c4ccccc4)cc3)cc2C1(C)C. The van der Waals surface area contributed by atoms with Crippen LogP contribution >= 0.6 is 0 Å². The van der Waals surface area contributed by atoms with Gasteiger partial charge in [0.1, 0.15) is 0 Å². The molecule has 0 radical (unpaired) electrons. The Bertz CT molecular complexity index is 2440. The van der Waals surface area contributed by atoms with E-state index in [1.165, 1.54) is 44.5 Å². The molecule has 7 aromatic rings. The summed E-state index contributed by atoms with van der Waals surface area (Å²) in [5, 5.41) is 0. The molecule has 2 nitrogen and oxygen atoms in total. The zero-order valence-corrected chi connectivity index (χ0v) is 31.2. The predicted molar refractivity (Wildman–Crippen MR) is 232 cm³/mol. The van der Waals surface area contributed by atoms with Crippen molar-refractivity contribution in [1.82, 2.24) is 0 Å². The molecule has 0 saturated carbocycles. The third-order valence-electron chi connectivity index (χ3n) is 10.5. The molecule has 8 rings (SSSR count). The van der Waals surface area contributed by atoms with Gasteiger partial charge in [0.2, 0.25) is 0 Å². The zero-order chi connectivity index (χ0) is 37.1. The molecule has 0 fully saturated rings. The maximum absolute atomic E-state index is 4.35. The third-order valence-corrected chi connectivity index (χ3v) is 10.5. The minimum Gasteiger partial charge on any atom is -0.310 e. The Hall–Kier alpha value is -6.64. The van der Waals surface area contributed by atoms with E-state index in [9.17, 15) is 0 Å². The number of nitrogens with zero attached hydrogens (tertiary/aromatic N) is 2. The van der Waals surface area contributed by atoms with Crippen LogP contribution in [0, 0.1) is 0 Å². The summed E-state index contributed by atoms with van der Waals surface area (Å²) >= 11 is 0. The van der Waals surface area contributed by atoms with Crippen LogP contribution in [0.15, 0.2) is 212 Å². The highest BCUT2D eigenvalue weighted by Gasteiger charge is 2.39. The summed E-state index contributed by atoms with van der Waals surface area (Å²) in [6.07, 6.45) is 6.46. The number of rotatable bonds is 10. The molecule has 0 unspecified atom stereocenters. The topological polar surface area (TPSA) is 6.48 Å². The first-order valence-corrected chi connectivity index (χ1v) is 18.7. The van der Waals surface area contributed by atoms with Gasteiger partial charge < -0.3 is 9.80 Å². The second kappa shape index (κ2) is 14.8. The van der Waals surface area contributed by atoms with Crippen molar-refractivity contribution in [2.45, 2.75) is 26.2 Å². The van der Waals surface area contributed by atoms with Gasteiger partial charge in [-0.25, -0.2) is 0 Å².